The van der Waals surface area contributed by atoms with Gasteiger partial charge in [-0.3, -0.25) is 4.79 Å². The number of hydrogen-bond acceptors (Lipinski definition) is 6. The van der Waals surface area contributed by atoms with Crippen molar-refractivity contribution in [2.75, 3.05) is 18.9 Å². The van der Waals surface area contributed by atoms with Gasteiger partial charge in [-0.15, -0.1) is 0 Å². The van der Waals surface area contributed by atoms with E-state index in [0.29, 0.717) is 23.3 Å². The lowest BCUT2D eigenvalue weighted by Crippen LogP contribution is -2.21. The minimum atomic E-state index is -0.612. The van der Waals surface area contributed by atoms with Gasteiger partial charge < -0.3 is 20.1 Å². The monoisotopic (exact) mass is 448 g/mol. The molecule has 0 aliphatic carbocycles. The molecular formula is C22H26ClFN4O3. The van der Waals surface area contributed by atoms with Gasteiger partial charge in [0.2, 0.25) is 5.95 Å². The van der Waals surface area contributed by atoms with Gasteiger partial charge in [0.15, 0.2) is 0 Å². The number of aliphatic hydroxyl groups excluding tert-OH is 1. The molecule has 0 saturated carbocycles. The molecule has 0 radical (unpaired) electrons. The summed E-state index contributed by atoms with van der Waals surface area (Å²) in [6, 6.07) is 2.98. The average molecular weight is 449 g/mol. The van der Waals surface area contributed by atoms with E-state index in [1.54, 1.807) is 19.3 Å². The van der Waals surface area contributed by atoms with Crippen LogP contribution in [0, 0.1) is 5.82 Å². The molecule has 1 atom stereocenters. The molecule has 31 heavy (non-hydrogen) atoms. The molecule has 0 amide bonds. The second-order valence-corrected chi connectivity index (χ2v) is 8.24. The summed E-state index contributed by atoms with van der Waals surface area (Å²) in [5, 5.41) is 9.66. The number of benzene rings is 1. The van der Waals surface area contributed by atoms with Gasteiger partial charge >= 0.3 is 0 Å². The highest BCUT2D eigenvalue weighted by Gasteiger charge is 2.17. The minimum Gasteiger partial charge on any atom is -0.391 e. The first-order chi connectivity index (χ1) is 14.7. The Balaban J connectivity index is 0.000000330. The Kier molecular flexibility index (Phi) is 7.25. The summed E-state index contributed by atoms with van der Waals surface area (Å²) >= 11 is 6.12. The first-order valence-electron chi connectivity index (χ1n) is 10.1. The quantitative estimate of drug-likeness (QED) is 0.620. The molecule has 1 saturated heterocycles. The van der Waals surface area contributed by atoms with Crippen molar-refractivity contribution < 1.29 is 14.2 Å². The normalized spacial score (nSPS) is 16.3. The lowest BCUT2D eigenvalue weighted by Gasteiger charge is -2.15. The Bertz CT molecular complexity index is 1140. The number of halogens is 2. The van der Waals surface area contributed by atoms with Crippen LogP contribution in [0.3, 0.4) is 0 Å². The number of fused-ring (bicyclic) bond motifs is 1. The van der Waals surface area contributed by atoms with Crippen LogP contribution in [0.5, 0.6) is 0 Å². The molecule has 4 rings (SSSR count). The summed E-state index contributed by atoms with van der Waals surface area (Å²) in [6.07, 6.45) is 4.85. The topological polar surface area (TPSA) is 103 Å². The van der Waals surface area contributed by atoms with E-state index in [-0.39, 0.29) is 33.9 Å². The minimum absolute atomic E-state index is 0.0444. The van der Waals surface area contributed by atoms with E-state index in [9.17, 15) is 9.18 Å². The van der Waals surface area contributed by atoms with Crippen molar-refractivity contribution in [3.63, 3.8) is 0 Å². The lowest BCUT2D eigenvalue weighted by atomic mass is 9.96. The molecule has 1 aliphatic rings. The fraction of sp³-hybridized carbons (Fsp3) is 0.409. The Morgan fingerprint density at radius 3 is 2.71 bits per heavy atom. The van der Waals surface area contributed by atoms with Crippen molar-refractivity contribution in [1.82, 2.24) is 14.5 Å². The van der Waals surface area contributed by atoms with E-state index >= 15 is 0 Å². The number of pyridine rings is 1. The van der Waals surface area contributed by atoms with Crippen LogP contribution in [0.2, 0.25) is 5.02 Å². The SMILES string of the molecule is CC(C)c1cn(C)c(=O)c2c(F)cc(-c3nc(N)ncc3Cl)cc12.OC1CCCOC1. The third-order valence-electron chi connectivity index (χ3n) is 5.06. The third-order valence-corrected chi connectivity index (χ3v) is 5.34. The Hall–Kier alpha value is -2.55. The molecule has 166 valence electrons. The highest BCUT2D eigenvalue weighted by molar-refractivity contribution is 6.33. The number of nitrogen functional groups attached to an aromatic ring is 1. The molecule has 7 nitrogen and oxygen atoms in total. The molecule has 2 aromatic heterocycles. The lowest BCUT2D eigenvalue weighted by molar-refractivity contribution is -0.00535. The molecule has 1 unspecified atom stereocenters. The van der Waals surface area contributed by atoms with E-state index in [1.165, 1.54) is 16.8 Å². The van der Waals surface area contributed by atoms with Crippen LogP contribution in [-0.2, 0) is 11.8 Å². The van der Waals surface area contributed by atoms with Crippen LogP contribution in [0.4, 0.5) is 10.3 Å². The van der Waals surface area contributed by atoms with Gasteiger partial charge in [0.25, 0.3) is 5.56 Å². The van der Waals surface area contributed by atoms with Crippen molar-refractivity contribution in [3.05, 3.63) is 51.3 Å². The van der Waals surface area contributed by atoms with E-state index < -0.39 is 5.82 Å². The first-order valence-corrected chi connectivity index (χ1v) is 10.4. The predicted molar refractivity (Wildman–Crippen MR) is 120 cm³/mol. The van der Waals surface area contributed by atoms with Crippen molar-refractivity contribution in [2.45, 2.75) is 38.7 Å². The maximum Gasteiger partial charge on any atom is 0.261 e. The highest BCUT2D eigenvalue weighted by Crippen LogP contribution is 2.32. The van der Waals surface area contributed by atoms with Crippen LogP contribution < -0.4 is 11.3 Å². The van der Waals surface area contributed by atoms with E-state index in [0.717, 1.165) is 25.0 Å². The van der Waals surface area contributed by atoms with Gasteiger partial charge in [0.05, 0.1) is 35.0 Å². The van der Waals surface area contributed by atoms with Crippen molar-refractivity contribution in [1.29, 1.82) is 0 Å². The smallest absolute Gasteiger partial charge is 0.261 e. The zero-order valence-corrected chi connectivity index (χ0v) is 18.5. The Morgan fingerprint density at radius 1 is 1.39 bits per heavy atom. The average Bonchev–Trinajstić information content (AvgIpc) is 2.73. The third kappa shape index (κ3) is 5.20. The van der Waals surface area contributed by atoms with Crippen molar-refractivity contribution in [3.8, 4) is 11.3 Å². The molecule has 3 aromatic rings. The Labute approximate surface area is 184 Å². The predicted octanol–water partition coefficient (Wildman–Crippen LogP) is 3.65. The number of anilines is 1. The standard InChI is InChI=1S/C17H16ClFN4O.C5H10O2/c1-8(2)11-7-23(3)16(24)14-10(11)4-9(5-13(14)19)15-12(18)6-21-17(20)22-15;6-5-2-1-3-7-4-5/h4-8H,1-3H3,(H2,20,21,22);5-6H,1-4H2. The summed E-state index contributed by atoms with van der Waals surface area (Å²) in [7, 11) is 1.61. The van der Waals surface area contributed by atoms with Crippen LogP contribution in [-0.4, -0.2) is 39.0 Å². The number of hydrogen-bond donors (Lipinski definition) is 2. The second-order valence-electron chi connectivity index (χ2n) is 7.83. The summed E-state index contributed by atoms with van der Waals surface area (Å²) < 4.78 is 21.0. The van der Waals surface area contributed by atoms with Gasteiger partial charge in [-0.1, -0.05) is 25.4 Å². The zero-order chi connectivity index (χ0) is 22.7. The number of aromatic nitrogens is 3. The number of nitrogens with two attached hydrogens (primary N) is 1. The van der Waals surface area contributed by atoms with Gasteiger partial charge in [0, 0.05) is 25.4 Å². The number of aliphatic hydroxyl groups is 1. The van der Waals surface area contributed by atoms with Crippen LogP contribution in [0.1, 0.15) is 38.2 Å². The maximum absolute atomic E-state index is 14.7. The van der Waals surface area contributed by atoms with Gasteiger partial charge in [-0.2, -0.15) is 0 Å². The van der Waals surface area contributed by atoms with Crippen molar-refractivity contribution in [2.24, 2.45) is 7.05 Å². The maximum atomic E-state index is 14.7. The van der Waals surface area contributed by atoms with E-state index in [4.69, 9.17) is 27.2 Å². The molecule has 1 fully saturated rings. The number of rotatable bonds is 2. The fourth-order valence-corrected chi connectivity index (χ4v) is 3.67. The molecule has 9 heteroatoms. The van der Waals surface area contributed by atoms with E-state index in [2.05, 4.69) is 9.97 Å². The zero-order valence-electron chi connectivity index (χ0n) is 17.7. The van der Waals surface area contributed by atoms with E-state index in [1.807, 2.05) is 13.8 Å². The molecule has 3 N–H and O–H groups in total. The molecule has 1 aromatic carbocycles. The summed E-state index contributed by atoms with van der Waals surface area (Å²) in [4.78, 5) is 20.2. The number of nitrogens with zero attached hydrogens (tertiary/aromatic N) is 3. The molecule has 3 heterocycles. The Morgan fingerprint density at radius 2 is 2.13 bits per heavy atom. The van der Waals surface area contributed by atoms with Gasteiger partial charge in [-0.25, -0.2) is 14.4 Å². The second kappa shape index (κ2) is 9.72. The largest absolute Gasteiger partial charge is 0.391 e. The highest BCUT2D eigenvalue weighted by atomic mass is 35.5. The number of aryl methyl sites for hydroxylation is 1. The first kappa shape index (κ1) is 23.1. The van der Waals surface area contributed by atoms with Crippen LogP contribution in [0.25, 0.3) is 22.0 Å². The van der Waals surface area contributed by atoms with Gasteiger partial charge in [0.1, 0.15) is 5.82 Å². The number of ether oxygens (including phenoxy) is 1. The van der Waals surface area contributed by atoms with Crippen LogP contribution >= 0.6 is 11.6 Å². The summed E-state index contributed by atoms with van der Waals surface area (Å²) in [5.74, 6) is -0.457. The fourth-order valence-electron chi connectivity index (χ4n) is 3.47. The van der Waals surface area contributed by atoms with Crippen LogP contribution in [0.15, 0.2) is 29.3 Å². The molecule has 1 aliphatic heterocycles. The molecule has 0 bridgehead atoms. The summed E-state index contributed by atoms with van der Waals surface area (Å²) in [5.41, 5.74) is 6.88. The van der Waals surface area contributed by atoms with Gasteiger partial charge in [-0.05, 0) is 41.8 Å². The summed E-state index contributed by atoms with van der Waals surface area (Å²) in [6.45, 7) is 5.34. The molecular weight excluding hydrogens is 423 g/mol. The van der Waals surface area contributed by atoms with Crippen molar-refractivity contribution >= 4 is 28.3 Å². The molecule has 0 spiro atoms.